The van der Waals surface area contributed by atoms with E-state index in [9.17, 15) is 0 Å². The van der Waals surface area contributed by atoms with Crippen molar-refractivity contribution in [1.29, 1.82) is 0 Å². The molecular weight excluding hydrogens is 186 g/mol. The summed E-state index contributed by atoms with van der Waals surface area (Å²) in [5.74, 6) is 2.68. The number of hydrogen-bond acceptors (Lipinski definition) is 2. The lowest BCUT2D eigenvalue weighted by Gasteiger charge is -2.33. The van der Waals surface area contributed by atoms with Crippen LogP contribution in [0, 0.1) is 12.3 Å². The first-order valence-electron chi connectivity index (χ1n) is 6.17. The summed E-state index contributed by atoms with van der Waals surface area (Å²) in [7, 11) is 0. The molecule has 0 aromatic heterocycles. The highest BCUT2D eigenvalue weighted by Gasteiger charge is 2.19. The summed E-state index contributed by atoms with van der Waals surface area (Å²) in [6.07, 6.45) is 13.9. The summed E-state index contributed by atoms with van der Waals surface area (Å²) in [5, 5.41) is 9.04. The predicted octanol–water partition coefficient (Wildman–Crippen LogP) is 2.03. The van der Waals surface area contributed by atoms with Crippen LogP contribution in [0.25, 0.3) is 0 Å². The number of hydrogen-bond donors (Lipinski definition) is 1. The van der Waals surface area contributed by atoms with Gasteiger partial charge in [0.05, 0.1) is 6.61 Å². The van der Waals surface area contributed by atoms with Gasteiger partial charge < -0.3 is 5.11 Å². The molecule has 0 spiro atoms. The van der Waals surface area contributed by atoms with Crippen molar-refractivity contribution >= 4 is 0 Å². The van der Waals surface area contributed by atoms with Gasteiger partial charge in [-0.2, -0.15) is 0 Å². The Morgan fingerprint density at radius 3 is 2.53 bits per heavy atom. The largest absolute Gasteiger partial charge is 0.395 e. The van der Waals surface area contributed by atoms with E-state index in [1.54, 1.807) is 0 Å². The fourth-order valence-corrected chi connectivity index (χ4v) is 2.44. The average molecular weight is 209 g/mol. The van der Waals surface area contributed by atoms with Crippen molar-refractivity contribution in [1.82, 2.24) is 4.90 Å². The molecule has 0 radical (unpaired) electrons. The summed E-state index contributed by atoms with van der Waals surface area (Å²) >= 11 is 0. The van der Waals surface area contributed by atoms with Crippen LogP contribution in [0.1, 0.15) is 44.9 Å². The molecule has 0 saturated heterocycles. The van der Waals surface area contributed by atoms with Crippen molar-refractivity contribution in [3.05, 3.63) is 0 Å². The lowest BCUT2D eigenvalue weighted by atomic mass is 9.94. The molecule has 2 nitrogen and oxygen atoms in total. The molecule has 0 aliphatic heterocycles. The zero-order valence-electron chi connectivity index (χ0n) is 9.62. The maximum absolute atomic E-state index is 9.04. The van der Waals surface area contributed by atoms with Gasteiger partial charge in [0.2, 0.25) is 0 Å². The first kappa shape index (κ1) is 12.5. The Balaban J connectivity index is 2.30. The Kier molecular flexibility index (Phi) is 6.47. The van der Waals surface area contributed by atoms with Gasteiger partial charge in [0.1, 0.15) is 0 Å². The highest BCUT2D eigenvalue weighted by Crippen LogP contribution is 2.22. The highest BCUT2D eigenvalue weighted by molar-refractivity contribution is 4.84. The first-order chi connectivity index (χ1) is 7.38. The van der Waals surface area contributed by atoms with Crippen molar-refractivity contribution in [3.63, 3.8) is 0 Å². The third-order valence-corrected chi connectivity index (χ3v) is 3.24. The van der Waals surface area contributed by atoms with E-state index in [1.165, 1.54) is 32.1 Å². The minimum absolute atomic E-state index is 0.270. The van der Waals surface area contributed by atoms with Crippen molar-refractivity contribution in [3.8, 4) is 12.3 Å². The molecule has 2 heteroatoms. The topological polar surface area (TPSA) is 23.5 Å². The van der Waals surface area contributed by atoms with Crippen LogP contribution in [0.5, 0.6) is 0 Å². The van der Waals surface area contributed by atoms with Gasteiger partial charge in [0, 0.05) is 19.0 Å². The lowest BCUT2D eigenvalue weighted by molar-refractivity contribution is 0.123. The minimum atomic E-state index is 0.270. The first-order valence-corrected chi connectivity index (χ1v) is 6.17. The van der Waals surface area contributed by atoms with Gasteiger partial charge in [0.25, 0.3) is 0 Å². The molecule has 1 aliphatic rings. The van der Waals surface area contributed by atoms with Gasteiger partial charge in [-0.15, -0.1) is 12.3 Å². The number of aliphatic hydroxyl groups excluding tert-OH is 1. The molecule has 1 N–H and O–H groups in total. The number of rotatable bonds is 6. The van der Waals surface area contributed by atoms with Gasteiger partial charge in [-0.1, -0.05) is 19.3 Å². The molecule has 0 unspecified atom stereocenters. The van der Waals surface area contributed by atoms with Gasteiger partial charge in [-0.05, 0) is 25.8 Å². The minimum Gasteiger partial charge on any atom is -0.395 e. The summed E-state index contributed by atoms with van der Waals surface area (Å²) in [5.41, 5.74) is 0. The van der Waals surface area contributed by atoms with Crippen LogP contribution >= 0.6 is 0 Å². The Bertz CT molecular complexity index is 191. The van der Waals surface area contributed by atoms with Crippen molar-refractivity contribution in [2.45, 2.75) is 51.0 Å². The summed E-state index contributed by atoms with van der Waals surface area (Å²) < 4.78 is 0. The standard InChI is InChI=1S/C13H23NO/c1-2-3-7-10-14(11-12-15)13-8-5-4-6-9-13/h1,13,15H,3-12H2. The number of aliphatic hydroxyl groups is 1. The fourth-order valence-electron chi connectivity index (χ4n) is 2.44. The molecule has 0 bridgehead atoms. The van der Waals surface area contributed by atoms with Crippen LogP contribution in [0.4, 0.5) is 0 Å². The third kappa shape index (κ3) is 4.68. The molecule has 0 aromatic rings. The quantitative estimate of drug-likeness (QED) is 0.534. The van der Waals surface area contributed by atoms with E-state index < -0.39 is 0 Å². The van der Waals surface area contributed by atoms with Gasteiger partial charge in [-0.25, -0.2) is 0 Å². The Hall–Kier alpha value is -0.520. The molecule has 1 saturated carbocycles. The normalized spacial score (nSPS) is 17.9. The van der Waals surface area contributed by atoms with E-state index in [2.05, 4.69) is 10.8 Å². The van der Waals surface area contributed by atoms with Gasteiger partial charge >= 0.3 is 0 Å². The predicted molar refractivity (Wildman–Crippen MR) is 63.6 cm³/mol. The lowest BCUT2D eigenvalue weighted by Crippen LogP contribution is -2.39. The molecule has 0 heterocycles. The van der Waals surface area contributed by atoms with E-state index in [0.717, 1.165) is 25.9 Å². The van der Waals surface area contributed by atoms with Gasteiger partial charge in [-0.3, -0.25) is 4.90 Å². The van der Waals surface area contributed by atoms with E-state index >= 15 is 0 Å². The van der Waals surface area contributed by atoms with Crippen LogP contribution < -0.4 is 0 Å². The SMILES string of the molecule is C#CCCCN(CCO)C1CCCCC1. The summed E-state index contributed by atoms with van der Waals surface area (Å²) in [6.45, 7) is 2.14. The molecule has 1 fully saturated rings. The zero-order valence-corrected chi connectivity index (χ0v) is 9.62. The maximum atomic E-state index is 9.04. The van der Waals surface area contributed by atoms with Crippen LogP contribution in [0.2, 0.25) is 0 Å². The molecule has 0 aromatic carbocycles. The Morgan fingerprint density at radius 1 is 1.20 bits per heavy atom. The van der Waals surface area contributed by atoms with Crippen LogP contribution in [0.3, 0.4) is 0 Å². The monoisotopic (exact) mass is 209 g/mol. The number of terminal acetylenes is 1. The molecule has 0 amide bonds. The summed E-state index contributed by atoms with van der Waals surface area (Å²) in [6, 6.07) is 0.698. The van der Waals surface area contributed by atoms with Gasteiger partial charge in [0.15, 0.2) is 0 Å². The smallest absolute Gasteiger partial charge is 0.0558 e. The van der Waals surface area contributed by atoms with E-state index in [0.29, 0.717) is 6.04 Å². The van der Waals surface area contributed by atoms with Crippen LogP contribution in [-0.4, -0.2) is 35.7 Å². The second-order valence-electron chi connectivity index (χ2n) is 4.36. The second kappa shape index (κ2) is 7.73. The Morgan fingerprint density at radius 2 is 1.93 bits per heavy atom. The van der Waals surface area contributed by atoms with E-state index in [1.807, 2.05) is 0 Å². The molecule has 1 rings (SSSR count). The third-order valence-electron chi connectivity index (χ3n) is 3.24. The van der Waals surface area contributed by atoms with Crippen LogP contribution in [-0.2, 0) is 0 Å². The van der Waals surface area contributed by atoms with Crippen molar-refractivity contribution in [2.24, 2.45) is 0 Å². The average Bonchev–Trinajstić information content (AvgIpc) is 2.29. The van der Waals surface area contributed by atoms with Crippen molar-refractivity contribution in [2.75, 3.05) is 19.7 Å². The molecular formula is C13H23NO. The second-order valence-corrected chi connectivity index (χ2v) is 4.36. The number of unbranched alkanes of at least 4 members (excludes halogenated alkanes) is 1. The zero-order chi connectivity index (χ0) is 10.9. The Labute approximate surface area is 93.7 Å². The molecule has 1 aliphatic carbocycles. The molecule has 86 valence electrons. The number of nitrogens with zero attached hydrogens (tertiary/aromatic N) is 1. The molecule has 15 heavy (non-hydrogen) atoms. The molecule has 0 atom stereocenters. The fraction of sp³-hybridized carbons (Fsp3) is 0.846. The summed E-state index contributed by atoms with van der Waals surface area (Å²) in [4.78, 5) is 2.43. The van der Waals surface area contributed by atoms with Crippen molar-refractivity contribution < 1.29 is 5.11 Å². The highest BCUT2D eigenvalue weighted by atomic mass is 16.3. The maximum Gasteiger partial charge on any atom is 0.0558 e. The van der Waals surface area contributed by atoms with E-state index in [4.69, 9.17) is 11.5 Å². The van der Waals surface area contributed by atoms with E-state index in [-0.39, 0.29) is 6.61 Å². The van der Waals surface area contributed by atoms with Crippen LogP contribution in [0.15, 0.2) is 0 Å².